The van der Waals surface area contributed by atoms with Crippen LogP contribution >= 0.6 is 23.1 Å². The minimum atomic E-state index is -0.358. The third kappa shape index (κ3) is 5.65. The van der Waals surface area contributed by atoms with Crippen LogP contribution in [0, 0.1) is 5.82 Å². The molecule has 2 N–H and O–H groups in total. The lowest BCUT2D eigenvalue weighted by atomic mass is 10.2. The SMILES string of the molecule is O=C(CSc1nc(CC(=O)Nc2cccc3ncccc23)cs1)Nc1ccc(F)cc1. The number of anilines is 2. The van der Waals surface area contributed by atoms with Crippen LogP contribution in [0.4, 0.5) is 15.8 Å². The van der Waals surface area contributed by atoms with Gasteiger partial charge in [-0.2, -0.15) is 0 Å². The van der Waals surface area contributed by atoms with Gasteiger partial charge in [0.2, 0.25) is 11.8 Å². The molecule has 6 nitrogen and oxygen atoms in total. The van der Waals surface area contributed by atoms with Gasteiger partial charge in [0.15, 0.2) is 4.34 Å². The Balaban J connectivity index is 1.29. The molecule has 4 rings (SSSR count). The minimum Gasteiger partial charge on any atom is -0.325 e. The summed E-state index contributed by atoms with van der Waals surface area (Å²) in [5, 5.41) is 8.30. The molecule has 2 aromatic carbocycles. The van der Waals surface area contributed by atoms with Crippen molar-refractivity contribution in [2.24, 2.45) is 0 Å². The molecule has 9 heteroatoms. The number of rotatable bonds is 7. The van der Waals surface area contributed by atoms with Gasteiger partial charge < -0.3 is 10.6 Å². The molecule has 0 aliphatic carbocycles. The molecule has 2 aromatic heterocycles. The second-order valence-electron chi connectivity index (χ2n) is 6.55. The van der Waals surface area contributed by atoms with Crippen molar-refractivity contribution in [2.75, 3.05) is 16.4 Å². The second-order valence-corrected chi connectivity index (χ2v) is 8.63. The van der Waals surface area contributed by atoms with Crippen molar-refractivity contribution >= 4 is 57.2 Å². The lowest BCUT2D eigenvalue weighted by Crippen LogP contribution is -2.15. The Bertz CT molecular complexity index is 1220. The van der Waals surface area contributed by atoms with E-state index in [0.29, 0.717) is 21.4 Å². The van der Waals surface area contributed by atoms with Crippen LogP contribution < -0.4 is 10.6 Å². The third-order valence-corrected chi connectivity index (χ3v) is 6.32. The summed E-state index contributed by atoms with van der Waals surface area (Å²) in [6.07, 6.45) is 1.85. The number of halogens is 1. The second kappa shape index (κ2) is 9.67. The average molecular weight is 453 g/mol. The molecule has 31 heavy (non-hydrogen) atoms. The van der Waals surface area contributed by atoms with Gasteiger partial charge in [0.1, 0.15) is 5.82 Å². The van der Waals surface area contributed by atoms with Crippen LogP contribution in [0.15, 0.2) is 70.5 Å². The van der Waals surface area contributed by atoms with Crippen LogP contribution in [0.5, 0.6) is 0 Å². The van der Waals surface area contributed by atoms with E-state index in [4.69, 9.17) is 0 Å². The minimum absolute atomic E-state index is 0.134. The molecule has 0 atom stereocenters. The molecular formula is C22H17FN4O2S2. The molecule has 0 spiro atoms. The zero-order valence-electron chi connectivity index (χ0n) is 16.2. The number of hydrogen-bond acceptors (Lipinski definition) is 6. The number of carbonyl (C=O) groups is 2. The maximum Gasteiger partial charge on any atom is 0.234 e. The topological polar surface area (TPSA) is 84.0 Å². The summed E-state index contributed by atoms with van der Waals surface area (Å²) < 4.78 is 13.6. The Hall–Kier alpha value is -3.30. The Morgan fingerprint density at radius 3 is 2.68 bits per heavy atom. The number of hydrogen-bond donors (Lipinski definition) is 2. The van der Waals surface area contributed by atoms with E-state index in [1.54, 1.807) is 6.20 Å². The highest BCUT2D eigenvalue weighted by molar-refractivity contribution is 8.01. The van der Waals surface area contributed by atoms with Gasteiger partial charge in [-0.15, -0.1) is 11.3 Å². The highest BCUT2D eigenvalue weighted by Crippen LogP contribution is 2.24. The number of aromatic nitrogens is 2. The molecule has 156 valence electrons. The van der Waals surface area contributed by atoms with Gasteiger partial charge in [0.25, 0.3) is 0 Å². The molecule has 2 amide bonds. The standard InChI is InChI=1S/C22H17FN4O2S2/c23-14-6-8-15(9-7-14)25-21(29)13-31-22-26-16(12-30-22)11-20(28)27-19-5-1-4-18-17(19)3-2-10-24-18/h1-10,12H,11,13H2,(H,25,29)(H,27,28). The monoisotopic (exact) mass is 452 g/mol. The van der Waals surface area contributed by atoms with Crippen LogP contribution in [-0.2, 0) is 16.0 Å². The average Bonchev–Trinajstić information content (AvgIpc) is 3.21. The van der Waals surface area contributed by atoms with Crippen molar-refractivity contribution in [1.29, 1.82) is 0 Å². The summed E-state index contributed by atoms with van der Waals surface area (Å²) in [6, 6.07) is 14.9. The van der Waals surface area contributed by atoms with Crippen LogP contribution in [0.2, 0.25) is 0 Å². The van der Waals surface area contributed by atoms with Gasteiger partial charge in [0.05, 0.1) is 29.1 Å². The van der Waals surface area contributed by atoms with E-state index < -0.39 is 0 Å². The molecule has 2 heterocycles. The summed E-state index contributed by atoms with van der Waals surface area (Å²) in [5.74, 6) is -0.578. The van der Waals surface area contributed by atoms with Crippen molar-refractivity contribution < 1.29 is 14.0 Å². The van der Waals surface area contributed by atoms with Crippen molar-refractivity contribution in [1.82, 2.24) is 9.97 Å². The van der Waals surface area contributed by atoms with Crippen LogP contribution in [-0.4, -0.2) is 27.5 Å². The summed E-state index contributed by atoms with van der Waals surface area (Å²) in [6.45, 7) is 0. The number of nitrogens with zero attached hydrogens (tertiary/aromatic N) is 2. The van der Waals surface area contributed by atoms with Crippen molar-refractivity contribution in [3.63, 3.8) is 0 Å². The molecule has 0 unspecified atom stereocenters. The number of nitrogens with one attached hydrogen (secondary N) is 2. The fourth-order valence-electron chi connectivity index (χ4n) is 2.86. The van der Waals surface area contributed by atoms with E-state index in [1.807, 2.05) is 35.7 Å². The predicted octanol–water partition coefficient (Wildman–Crippen LogP) is 4.74. The smallest absolute Gasteiger partial charge is 0.234 e. The lowest BCUT2D eigenvalue weighted by molar-refractivity contribution is -0.116. The van der Waals surface area contributed by atoms with Crippen molar-refractivity contribution in [2.45, 2.75) is 10.8 Å². The molecule has 0 saturated heterocycles. The molecule has 0 bridgehead atoms. The first-order valence-corrected chi connectivity index (χ1v) is 11.2. The number of thiazole rings is 1. The molecule has 0 aliphatic heterocycles. The van der Waals surface area contributed by atoms with Crippen molar-refractivity contribution in [3.05, 3.63) is 77.7 Å². The first kappa shape index (κ1) is 21.0. The van der Waals surface area contributed by atoms with Crippen LogP contribution in [0.1, 0.15) is 5.69 Å². The predicted molar refractivity (Wildman–Crippen MR) is 122 cm³/mol. The van der Waals surface area contributed by atoms with Gasteiger partial charge in [-0.05, 0) is 48.5 Å². The third-order valence-electron chi connectivity index (χ3n) is 4.25. The normalized spacial score (nSPS) is 10.7. The summed E-state index contributed by atoms with van der Waals surface area (Å²) in [7, 11) is 0. The van der Waals surface area contributed by atoms with Gasteiger partial charge in [0, 0.05) is 22.7 Å². The zero-order chi connectivity index (χ0) is 21.6. The first-order valence-electron chi connectivity index (χ1n) is 9.33. The maximum atomic E-state index is 12.9. The molecule has 4 aromatic rings. The molecule has 0 radical (unpaired) electrons. The van der Waals surface area contributed by atoms with Crippen molar-refractivity contribution in [3.8, 4) is 0 Å². The quantitative estimate of drug-likeness (QED) is 0.396. The number of carbonyl (C=O) groups excluding carboxylic acids is 2. The molecule has 0 saturated carbocycles. The van der Waals surface area contributed by atoms with E-state index in [2.05, 4.69) is 20.6 Å². The number of benzene rings is 2. The Kier molecular flexibility index (Phi) is 6.54. The Labute approximate surface area is 185 Å². The van der Waals surface area contributed by atoms with E-state index in [1.165, 1.54) is 47.4 Å². The zero-order valence-corrected chi connectivity index (χ0v) is 17.8. The molecular weight excluding hydrogens is 435 g/mol. The van der Waals surface area contributed by atoms with Crippen LogP contribution in [0.25, 0.3) is 10.9 Å². The summed E-state index contributed by atoms with van der Waals surface area (Å²) >= 11 is 2.67. The number of amides is 2. The summed E-state index contributed by atoms with van der Waals surface area (Å²) in [5.41, 5.74) is 2.69. The highest BCUT2D eigenvalue weighted by atomic mass is 32.2. The van der Waals surface area contributed by atoms with Crippen LogP contribution in [0.3, 0.4) is 0 Å². The Morgan fingerprint density at radius 2 is 1.84 bits per heavy atom. The van der Waals surface area contributed by atoms with E-state index >= 15 is 0 Å². The lowest BCUT2D eigenvalue weighted by Gasteiger charge is -2.07. The van der Waals surface area contributed by atoms with Gasteiger partial charge in [-0.25, -0.2) is 9.37 Å². The summed E-state index contributed by atoms with van der Waals surface area (Å²) in [4.78, 5) is 33.2. The molecule has 0 fully saturated rings. The first-order chi connectivity index (χ1) is 15.1. The van der Waals surface area contributed by atoms with Gasteiger partial charge >= 0.3 is 0 Å². The van der Waals surface area contributed by atoms with E-state index in [-0.39, 0.29) is 29.8 Å². The van der Waals surface area contributed by atoms with E-state index in [0.717, 1.165) is 10.9 Å². The highest BCUT2D eigenvalue weighted by Gasteiger charge is 2.12. The Morgan fingerprint density at radius 1 is 1.00 bits per heavy atom. The largest absolute Gasteiger partial charge is 0.325 e. The van der Waals surface area contributed by atoms with Gasteiger partial charge in [-0.3, -0.25) is 14.6 Å². The number of pyridine rings is 1. The number of fused-ring (bicyclic) bond motifs is 1. The fourth-order valence-corrected chi connectivity index (χ4v) is 4.51. The fraction of sp³-hybridized carbons (Fsp3) is 0.0909. The van der Waals surface area contributed by atoms with Gasteiger partial charge in [-0.1, -0.05) is 17.8 Å². The van der Waals surface area contributed by atoms with E-state index in [9.17, 15) is 14.0 Å². The maximum absolute atomic E-state index is 12.9. The number of thioether (sulfide) groups is 1. The molecule has 0 aliphatic rings.